The van der Waals surface area contributed by atoms with Crippen molar-refractivity contribution >= 4 is 50.9 Å². The van der Waals surface area contributed by atoms with Gasteiger partial charge in [0.25, 0.3) is 11.8 Å². The van der Waals surface area contributed by atoms with E-state index in [0.29, 0.717) is 12.8 Å². The highest BCUT2D eigenvalue weighted by Crippen LogP contribution is 2.46. The van der Waals surface area contributed by atoms with Crippen LogP contribution < -0.4 is 0 Å². The Morgan fingerprint density at radius 1 is 1.18 bits per heavy atom. The molecule has 16 heteroatoms. The molecule has 0 radical (unpaired) electrons. The van der Waals surface area contributed by atoms with E-state index in [-0.39, 0.29) is 18.0 Å². The first-order chi connectivity index (χ1) is 21.0. The Balaban J connectivity index is 1.61. The molecule has 2 aliphatic heterocycles. The molecule has 0 bridgehead atoms. The number of hydrogen-bond acceptors (Lipinski definition) is 8. The van der Waals surface area contributed by atoms with Crippen molar-refractivity contribution in [2.24, 2.45) is 0 Å². The number of carbonyl (C=O) groups is 3. The van der Waals surface area contributed by atoms with Gasteiger partial charge in [-0.1, -0.05) is 23.2 Å². The molecular weight excluding hydrogens is 655 g/mol. The fraction of sp³-hybridized carbons (Fsp3) is 0.483. The minimum absolute atomic E-state index is 0.0455. The standard InChI is InChI=1S/C29H29Cl2F2N5O6S/c1-28(2,3)44-27(41)38-9-8-29(38,24-21(33)10-16(30)13-35-24)26(40)36-14-19(12-22(36)25(39)37(15-34)18-5-6-18)45(42,43)23-7-4-17(32)11-20(23)31/h4,7,10-11,13,18-19,22H,5-6,8-9,12,14H2,1-3H3/t19-,22+,29?/m1/s1. The molecule has 11 nitrogen and oxygen atoms in total. The second-order valence-electron chi connectivity index (χ2n) is 12.2. The van der Waals surface area contributed by atoms with Crippen molar-refractivity contribution in [1.29, 1.82) is 5.26 Å². The van der Waals surface area contributed by atoms with Crippen molar-refractivity contribution in [2.75, 3.05) is 13.1 Å². The number of halogens is 4. The van der Waals surface area contributed by atoms with E-state index in [1.54, 1.807) is 20.8 Å². The van der Waals surface area contributed by atoms with Crippen LogP contribution >= 0.6 is 23.2 Å². The summed E-state index contributed by atoms with van der Waals surface area (Å²) in [5, 5.41) is 7.89. The molecule has 3 aliphatic rings. The zero-order valence-electron chi connectivity index (χ0n) is 24.5. The van der Waals surface area contributed by atoms with Crippen molar-refractivity contribution in [1.82, 2.24) is 19.7 Å². The van der Waals surface area contributed by atoms with Gasteiger partial charge in [-0.3, -0.25) is 19.5 Å². The second kappa shape index (κ2) is 11.7. The molecule has 1 aromatic heterocycles. The highest BCUT2D eigenvalue weighted by Gasteiger charge is 2.62. The van der Waals surface area contributed by atoms with Crippen LogP contribution in [0.2, 0.25) is 10.0 Å². The third-order valence-corrected chi connectivity index (χ3v) is 10.9. The van der Waals surface area contributed by atoms with Crippen LogP contribution in [0.1, 0.15) is 52.1 Å². The molecule has 240 valence electrons. The van der Waals surface area contributed by atoms with Crippen LogP contribution in [0.4, 0.5) is 13.6 Å². The SMILES string of the molecule is CC(C)(C)OC(=O)N1CCC1(C(=O)N1C[C@H](S(=O)(=O)c2ccc(F)cc2Cl)C[C@H]1C(=O)N(C#N)C1CC1)c1ncc(Cl)cc1F. The van der Waals surface area contributed by atoms with E-state index in [9.17, 15) is 32.5 Å². The van der Waals surface area contributed by atoms with Crippen molar-refractivity contribution in [3.63, 3.8) is 0 Å². The number of aromatic nitrogens is 1. The van der Waals surface area contributed by atoms with Gasteiger partial charge in [-0.15, -0.1) is 0 Å². The van der Waals surface area contributed by atoms with Gasteiger partial charge in [0.2, 0.25) is 0 Å². The van der Waals surface area contributed by atoms with Crippen LogP contribution in [0.25, 0.3) is 0 Å². The molecule has 1 aliphatic carbocycles. The summed E-state index contributed by atoms with van der Waals surface area (Å²) in [5.41, 5.74) is -3.59. The molecule has 3 fully saturated rings. The van der Waals surface area contributed by atoms with Gasteiger partial charge in [-0.2, -0.15) is 5.26 Å². The number of nitrogens with zero attached hydrogens (tertiary/aromatic N) is 5. The monoisotopic (exact) mass is 683 g/mol. The molecule has 1 saturated carbocycles. The predicted molar refractivity (Wildman–Crippen MR) is 156 cm³/mol. The lowest BCUT2D eigenvalue weighted by Gasteiger charge is -2.52. The van der Waals surface area contributed by atoms with E-state index in [4.69, 9.17) is 27.9 Å². The summed E-state index contributed by atoms with van der Waals surface area (Å²) in [5.74, 6) is -3.58. The van der Waals surface area contributed by atoms with Crippen LogP contribution in [-0.2, 0) is 29.7 Å². The van der Waals surface area contributed by atoms with Gasteiger partial charge in [-0.25, -0.2) is 26.9 Å². The van der Waals surface area contributed by atoms with Crippen LogP contribution in [0.5, 0.6) is 0 Å². The summed E-state index contributed by atoms with van der Waals surface area (Å²) >= 11 is 12.0. The minimum atomic E-state index is -4.38. The topological polar surface area (TPSA) is 141 Å². The molecule has 0 spiro atoms. The number of sulfone groups is 1. The minimum Gasteiger partial charge on any atom is -0.444 e. The highest BCUT2D eigenvalue weighted by molar-refractivity contribution is 7.92. The first-order valence-electron chi connectivity index (χ1n) is 14.1. The van der Waals surface area contributed by atoms with E-state index >= 15 is 4.39 Å². The lowest BCUT2D eigenvalue weighted by Crippen LogP contribution is -2.69. The van der Waals surface area contributed by atoms with Crippen LogP contribution in [0, 0.1) is 23.1 Å². The van der Waals surface area contributed by atoms with E-state index < -0.39 is 96.4 Å². The smallest absolute Gasteiger partial charge is 0.411 e. The largest absolute Gasteiger partial charge is 0.444 e. The summed E-state index contributed by atoms with van der Waals surface area (Å²) in [6.45, 7) is 4.20. The van der Waals surface area contributed by atoms with Crippen molar-refractivity contribution in [2.45, 2.75) is 79.8 Å². The lowest BCUT2D eigenvalue weighted by atomic mass is 9.79. The Hall–Kier alpha value is -3.54. The molecule has 2 aromatic rings. The molecule has 5 rings (SSSR count). The number of rotatable bonds is 6. The Morgan fingerprint density at radius 3 is 2.40 bits per heavy atom. The zero-order valence-corrected chi connectivity index (χ0v) is 26.8. The third kappa shape index (κ3) is 5.93. The molecule has 1 aromatic carbocycles. The van der Waals surface area contributed by atoms with Gasteiger partial charge in [0, 0.05) is 31.7 Å². The van der Waals surface area contributed by atoms with Crippen LogP contribution in [0.15, 0.2) is 35.4 Å². The van der Waals surface area contributed by atoms with Crippen LogP contribution in [-0.4, -0.2) is 82.0 Å². The first-order valence-corrected chi connectivity index (χ1v) is 16.4. The van der Waals surface area contributed by atoms with Gasteiger partial charge in [0.15, 0.2) is 21.6 Å². The van der Waals surface area contributed by atoms with Gasteiger partial charge < -0.3 is 9.64 Å². The summed E-state index contributed by atoms with van der Waals surface area (Å²) in [7, 11) is -4.38. The predicted octanol–water partition coefficient (Wildman–Crippen LogP) is 4.42. The Bertz CT molecular complexity index is 1730. The average molecular weight is 685 g/mol. The quantitative estimate of drug-likeness (QED) is 0.248. The average Bonchev–Trinajstić information content (AvgIpc) is 3.63. The summed E-state index contributed by atoms with van der Waals surface area (Å²) in [4.78, 5) is 48.4. The molecule has 0 N–H and O–H groups in total. The number of amides is 3. The maximum absolute atomic E-state index is 15.5. The number of likely N-dealkylation sites (tertiary alicyclic amines) is 2. The van der Waals surface area contributed by atoms with Gasteiger partial charge in [0.05, 0.1) is 20.2 Å². The number of hydrogen-bond donors (Lipinski definition) is 0. The van der Waals surface area contributed by atoms with Crippen molar-refractivity contribution in [3.8, 4) is 6.19 Å². The van der Waals surface area contributed by atoms with E-state index in [0.717, 1.165) is 45.2 Å². The van der Waals surface area contributed by atoms with Crippen molar-refractivity contribution in [3.05, 3.63) is 57.8 Å². The van der Waals surface area contributed by atoms with Gasteiger partial charge in [0.1, 0.15) is 29.0 Å². The molecule has 2 saturated heterocycles. The number of carbonyl (C=O) groups excluding carboxylic acids is 3. The lowest BCUT2D eigenvalue weighted by molar-refractivity contribution is -0.159. The van der Waals surface area contributed by atoms with Gasteiger partial charge >= 0.3 is 6.09 Å². The van der Waals surface area contributed by atoms with Crippen molar-refractivity contribution < 1.29 is 36.3 Å². The molecular formula is C29H29Cl2F2N5O6S. The molecule has 1 unspecified atom stereocenters. The Kier molecular flexibility index (Phi) is 8.52. The fourth-order valence-electron chi connectivity index (χ4n) is 5.71. The number of benzene rings is 1. The normalized spacial score (nSPS) is 23.2. The number of pyridine rings is 1. The molecule has 45 heavy (non-hydrogen) atoms. The zero-order chi connectivity index (χ0) is 33.1. The second-order valence-corrected chi connectivity index (χ2v) is 15.3. The van der Waals surface area contributed by atoms with E-state index in [2.05, 4.69) is 4.98 Å². The molecule has 3 amide bonds. The number of nitriles is 1. The Morgan fingerprint density at radius 2 is 1.87 bits per heavy atom. The van der Waals surface area contributed by atoms with E-state index in [1.165, 1.54) is 0 Å². The summed E-state index contributed by atoms with van der Waals surface area (Å²) < 4.78 is 62.4. The third-order valence-electron chi connectivity index (χ3n) is 8.03. The van der Waals surface area contributed by atoms with Gasteiger partial charge in [-0.05, 0) is 64.3 Å². The fourth-order valence-corrected chi connectivity index (χ4v) is 8.08. The summed E-state index contributed by atoms with van der Waals surface area (Å²) in [6.07, 6.45) is 2.48. The number of ether oxygens (including phenoxy) is 1. The molecule has 3 atom stereocenters. The maximum Gasteiger partial charge on any atom is 0.411 e. The maximum atomic E-state index is 15.5. The van der Waals surface area contributed by atoms with Crippen LogP contribution in [0.3, 0.4) is 0 Å². The summed E-state index contributed by atoms with van der Waals surface area (Å²) in [6, 6.07) is 1.77. The highest BCUT2D eigenvalue weighted by atomic mass is 35.5. The molecule has 3 heterocycles. The Labute approximate surface area is 268 Å². The first kappa shape index (κ1) is 32.8. The van der Waals surface area contributed by atoms with E-state index in [1.807, 2.05) is 6.19 Å².